The van der Waals surface area contributed by atoms with Gasteiger partial charge in [-0.25, -0.2) is 15.0 Å². The lowest BCUT2D eigenvalue weighted by molar-refractivity contribution is -0.159. The fourth-order valence-electron chi connectivity index (χ4n) is 7.50. The summed E-state index contributed by atoms with van der Waals surface area (Å²) in [4.78, 5) is 42.0. The number of hydrogen-bond donors (Lipinski definition) is 4. The summed E-state index contributed by atoms with van der Waals surface area (Å²) < 4.78 is 5.48. The second-order valence-corrected chi connectivity index (χ2v) is 13.4. The number of aromatic nitrogens is 5. The van der Waals surface area contributed by atoms with Gasteiger partial charge in [0.2, 0.25) is 0 Å². The molecule has 0 unspecified atom stereocenters. The first kappa shape index (κ1) is 29.1. The van der Waals surface area contributed by atoms with E-state index in [2.05, 4.69) is 59.5 Å². The third-order valence-electron chi connectivity index (χ3n) is 10.2. The number of imidazole rings is 1. The van der Waals surface area contributed by atoms with Crippen LogP contribution >= 0.6 is 0 Å². The van der Waals surface area contributed by atoms with Crippen LogP contribution in [0.1, 0.15) is 36.2 Å². The number of pyridine rings is 1. The van der Waals surface area contributed by atoms with Crippen molar-refractivity contribution in [1.29, 1.82) is 0 Å². The van der Waals surface area contributed by atoms with Crippen LogP contribution in [0.3, 0.4) is 0 Å². The monoisotopic (exact) mass is 623 g/mol. The first-order valence-corrected chi connectivity index (χ1v) is 16.3. The van der Waals surface area contributed by atoms with Crippen LogP contribution in [-0.2, 0) is 4.74 Å². The highest BCUT2D eigenvalue weighted by Crippen LogP contribution is 2.48. The Balaban J connectivity index is 1.03. The number of H-pyrrole nitrogens is 1. The number of hydrogen-bond acceptors (Lipinski definition) is 11. The Bertz CT molecular complexity index is 1710. The molecule has 240 valence electrons. The van der Waals surface area contributed by atoms with E-state index in [0.29, 0.717) is 34.5 Å². The highest BCUT2D eigenvalue weighted by Gasteiger charge is 2.50. The van der Waals surface area contributed by atoms with Crippen LogP contribution in [0.5, 0.6) is 0 Å². The first-order chi connectivity index (χ1) is 22.4. The van der Waals surface area contributed by atoms with Gasteiger partial charge in [-0.2, -0.15) is 0 Å². The normalized spacial score (nSPS) is 20.8. The number of primary amides is 1. The maximum Gasteiger partial charge on any atom is 0.271 e. The van der Waals surface area contributed by atoms with Crippen molar-refractivity contribution in [3.05, 3.63) is 48.7 Å². The van der Waals surface area contributed by atoms with Crippen molar-refractivity contribution in [3.63, 3.8) is 0 Å². The molecule has 8 rings (SSSR count). The van der Waals surface area contributed by atoms with Crippen molar-refractivity contribution in [2.45, 2.75) is 37.8 Å². The number of nitrogens with zero attached hydrogens (tertiary/aromatic N) is 7. The first-order valence-electron chi connectivity index (χ1n) is 16.3. The number of fused-ring (bicyclic) bond motifs is 1. The number of aromatic amines is 1. The van der Waals surface area contributed by atoms with Gasteiger partial charge in [0.1, 0.15) is 11.2 Å². The number of amides is 1. The Kier molecular flexibility index (Phi) is 7.46. The minimum absolute atomic E-state index is 0.0561. The van der Waals surface area contributed by atoms with Crippen molar-refractivity contribution in [3.8, 4) is 11.3 Å². The lowest BCUT2D eigenvalue weighted by Crippen LogP contribution is -2.56. The molecule has 1 amide bonds. The molecule has 1 aliphatic carbocycles. The quantitative estimate of drug-likeness (QED) is 0.229. The van der Waals surface area contributed by atoms with E-state index in [9.17, 15) is 4.79 Å². The number of benzene rings is 1. The van der Waals surface area contributed by atoms with Gasteiger partial charge < -0.3 is 35.9 Å². The van der Waals surface area contributed by atoms with Crippen molar-refractivity contribution < 1.29 is 9.53 Å². The SMILES string of the molecule is CN1CCN(C2CCN(c3ccc(Nc4nc(NC5CC6(COC6)C5)c(-c5cncc6[nH]cnc56)nc4C(N)=O)cc3)CC2)CC1. The number of nitrogens with two attached hydrogens (primary N) is 1. The summed E-state index contributed by atoms with van der Waals surface area (Å²) in [6.07, 6.45) is 9.38. The van der Waals surface area contributed by atoms with Crippen molar-refractivity contribution >= 4 is 40.0 Å². The van der Waals surface area contributed by atoms with Gasteiger partial charge in [0.05, 0.1) is 36.8 Å². The van der Waals surface area contributed by atoms with Gasteiger partial charge in [0.25, 0.3) is 5.91 Å². The summed E-state index contributed by atoms with van der Waals surface area (Å²) in [7, 11) is 2.21. The van der Waals surface area contributed by atoms with Gasteiger partial charge in [-0.05, 0) is 57.0 Å². The number of anilines is 4. The van der Waals surface area contributed by atoms with Crippen LogP contribution < -0.4 is 21.3 Å². The molecule has 4 aliphatic rings. The number of rotatable bonds is 8. The molecule has 4 fully saturated rings. The Morgan fingerprint density at radius 3 is 2.46 bits per heavy atom. The molecule has 13 nitrogen and oxygen atoms in total. The molecule has 5 N–H and O–H groups in total. The van der Waals surface area contributed by atoms with Gasteiger partial charge in [-0.3, -0.25) is 14.7 Å². The van der Waals surface area contributed by atoms with Crippen LogP contribution in [0.4, 0.5) is 23.0 Å². The third-order valence-corrected chi connectivity index (χ3v) is 10.2. The Hall–Kier alpha value is -4.33. The van der Waals surface area contributed by atoms with Crippen molar-refractivity contribution in [2.75, 3.05) is 75.1 Å². The number of carbonyl (C=O) groups is 1. The number of ether oxygens (including phenoxy) is 1. The van der Waals surface area contributed by atoms with E-state index in [4.69, 9.17) is 20.4 Å². The predicted octanol–water partition coefficient (Wildman–Crippen LogP) is 3.06. The maximum atomic E-state index is 12.8. The molecule has 3 aromatic heterocycles. The van der Waals surface area contributed by atoms with Gasteiger partial charge in [-0.15, -0.1) is 0 Å². The van der Waals surface area contributed by atoms with Gasteiger partial charge >= 0.3 is 0 Å². The largest absolute Gasteiger partial charge is 0.380 e. The Morgan fingerprint density at radius 2 is 1.76 bits per heavy atom. The van der Waals surface area contributed by atoms with E-state index < -0.39 is 5.91 Å². The maximum absolute atomic E-state index is 12.8. The molecule has 0 atom stereocenters. The lowest BCUT2D eigenvalue weighted by Gasteiger charge is -2.53. The van der Waals surface area contributed by atoms with Crippen molar-refractivity contribution in [2.24, 2.45) is 11.1 Å². The summed E-state index contributed by atoms with van der Waals surface area (Å²) in [5.74, 6) is 0.200. The topological polar surface area (TPSA) is 153 Å². The van der Waals surface area contributed by atoms with Crippen LogP contribution in [0, 0.1) is 5.41 Å². The summed E-state index contributed by atoms with van der Waals surface area (Å²) in [6, 6.07) is 9.19. The van der Waals surface area contributed by atoms with Gasteiger partial charge in [0, 0.05) is 74.3 Å². The van der Waals surface area contributed by atoms with E-state index in [0.717, 1.165) is 63.4 Å². The number of likely N-dealkylation sites (N-methyl/N-ethyl adjacent to an activating group) is 1. The zero-order valence-corrected chi connectivity index (χ0v) is 26.2. The fourth-order valence-corrected chi connectivity index (χ4v) is 7.50. The number of piperidine rings is 1. The number of nitrogens with one attached hydrogen (secondary N) is 3. The third kappa shape index (κ3) is 5.52. The van der Waals surface area contributed by atoms with E-state index in [1.54, 1.807) is 18.7 Å². The fraction of sp³-hybridized carbons (Fsp3) is 0.485. The van der Waals surface area contributed by atoms with Crippen molar-refractivity contribution in [1.82, 2.24) is 34.7 Å². The molecule has 0 bridgehead atoms. The lowest BCUT2D eigenvalue weighted by atomic mass is 9.64. The molecule has 3 aliphatic heterocycles. The molecule has 6 heterocycles. The number of piperazine rings is 1. The molecule has 1 spiro atoms. The molecule has 0 radical (unpaired) electrons. The second-order valence-electron chi connectivity index (χ2n) is 13.4. The van der Waals surface area contributed by atoms with E-state index in [1.807, 2.05) is 12.1 Å². The van der Waals surface area contributed by atoms with Gasteiger partial charge in [0.15, 0.2) is 17.3 Å². The van der Waals surface area contributed by atoms with E-state index in [-0.39, 0.29) is 17.2 Å². The summed E-state index contributed by atoms with van der Waals surface area (Å²) in [5.41, 5.74) is 10.8. The predicted molar refractivity (Wildman–Crippen MR) is 177 cm³/mol. The van der Waals surface area contributed by atoms with Crippen LogP contribution in [0.2, 0.25) is 0 Å². The summed E-state index contributed by atoms with van der Waals surface area (Å²) >= 11 is 0. The van der Waals surface area contributed by atoms with Crippen LogP contribution in [0.25, 0.3) is 22.3 Å². The zero-order chi connectivity index (χ0) is 31.3. The highest BCUT2D eigenvalue weighted by molar-refractivity contribution is 5.99. The van der Waals surface area contributed by atoms with Crippen LogP contribution in [0.15, 0.2) is 43.0 Å². The Morgan fingerprint density at radius 1 is 1.00 bits per heavy atom. The molecular weight excluding hydrogens is 582 g/mol. The molecule has 1 aromatic carbocycles. The minimum Gasteiger partial charge on any atom is -0.380 e. The summed E-state index contributed by atoms with van der Waals surface area (Å²) in [5, 5.41) is 6.94. The van der Waals surface area contributed by atoms with E-state index in [1.165, 1.54) is 31.6 Å². The average Bonchev–Trinajstić information content (AvgIpc) is 3.52. The highest BCUT2D eigenvalue weighted by atomic mass is 16.5. The minimum atomic E-state index is -0.668. The second kappa shape index (κ2) is 11.8. The molecule has 46 heavy (non-hydrogen) atoms. The Labute approximate surface area is 267 Å². The smallest absolute Gasteiger partial charge is 0.271 e. The van der Waals surface area contributed by atoms with Crippen LogP contribution in [-0.4, -0.2) is 112 Å². The average molecular weight is 624 g/mol. The molecule has 4 aromatic rings. The number of carbonyl (C=O) groups excluding carboxylic acids is 1. The zero-order valence-electron chi connectivity index (χ0n) is 26.2. The molecule has 1 saturated carbocycles. The molecular formula is C33H41N11O2. The molecule has 13 heteroatoms. The van der Waals surface area contributed by atoms with Gasteiger partial charge in [-0.1, -0.05) is 0 Å². The standard InChI is InChI=1S/C33H41N11O2/c1-42-10-12-44(13-11-42)24-6-8-43(9-7-24)23-4-2-21(3-5-23)38-32-29(30(34)45)40-28(25-16-35-17-26-27(25)37-20-36-26)31(41-32)39-22-14-33(15-22)18-46-19-33/h2-5,16-17,20,22,24H,6-15,18-19H2,1H3,(H2,34,45)(H,36,37)(H2,38,39,41). The molecule has 3 saturated heterocycles. The van der Waals surface area contributed by atoms with E-state index >= 15 is 0 Å². The summed E-state index contributed by atoms with van der Waals surface area (Å²) in [6.45, 7) is 8.35.